The van der Waals surface area contributed by atoms with E-state index in [1.807, 2.05) is 13.8 Å². The van der Waals surface area contributed by atoms with Gasteiger partial charge in [-0.05, 0) is 24.5 Å². The number of rotatable bonds is 7. The number of aliphatic hydroxyl groups excluding tert-OH is 1. The maximum atomic E-state index is 12.2. The SMILES string of the molecule is CC(C)C(O)CCNC(=O)Nc1ccccc1OCC(F)(F)F. The number of halogens is 3. The predicted octanol–water partition coefficient (Wildman–Crippen LogP) is 3.16. The third kappa shape index (κ3) is 7.73. The molecule has 0 saturated heterocycles. The Morgan fingerprint density at radius 2 is 1.96 bits per heavy atom. The summed E-state index contributed by atoms with van der Waals surface area (Å²) >= 11 is 0. The number of para-hydroxylation sites is 2. The van der Waals surface area contributed by atoms with Crippen molar-refractivity contribution >= 4 is 11.7 Å². The van der Waals surface area contributed by atoms with Gasteiger partial charge < -0.3 is 20.5 Å². The molecule has 130 valence electrons. The summed E-state index contributed by atoms with van der Waals surface area (Å²) in [4.78, 5) is 11.7. The zero-order valence-electron chi connectivity index (χ0n) is 13.0. The average molecular weight is 334 g/mol. The van der Waals surface area contributed by atoms with Crippen LogP contribution < -0.4 is 15.4 Å². The second-order valence-corrected chi connectivity index (χ2v) is 5.38. The number of ether oxygens (including phenoxy) is 1. The highest BCUT2D eigenvalue weighted by molar-refractivity contribution is 5.90. The normalized spacial score (nSPS) is 12.8. The van der Waals surface area contributed by atoms with Crippen molar-refractivity contribution < 1.29 is 27.8 Å². The van der Waals surface area contributed by atoms with E-state index < -0.39 is 24.9 Å². The van der Waals surface area contributed by atoms with E-state index in [1.54, 1.807) is 6.07 Å². The molecule has 5 nitrogen and oxygen atoms in total. The zero-order valence-corrected chi connectivity index (χ0v) is 13.0. The first-order valence-corrected chi connectivity index (χ1v) is 7.20. The van der Waals surface area contributed by atoms with Crippen LogP contribution in [-0.2, 0) is 0 Å². The highest BCUT2D eigenvalue weighted by Crippen LogP contribution is 2.26. The van der Waals surface area contributed by atoms with Crippen LogP contribution in [0.1, 0.15) is 20.3 Å². The van der Waals surface area contributed by atoms with E-state index in [0.29, 0.717) is 6.42 Å². The molecule has 3 N–H and O–H groups in total. The summed E-state index contributed by atoms with van der Waals surface area (Å²) in [6.07, 6.45) is -4.60. The van der Waals surface area contributed by atoms with Gasteiger partial charge >= 0.3 is 12.2 Å². The minimum absolute atomic E-state index is 0.0674. The molecule has 1 aromatic rings. The number of nitrogens with one attached hydrogen (secondary N) is 2. The Morgan fingerprint density at radius 1 is 1.30 bits per heavy atom. The quantitative estimate of drug-likeness (QED) is 0.717. The molecule has 1 rings (SSSR count). The maximum Gasteiger partial charge on any atom is 0.422 e. The lowest BCUT2D eigenvalue weighted by Crippen LogP contribution is -2.32. The maximum absolute atomic E-state index is 12.2. The van der Waals surface area contributed by atoms with E-state index in [9.17, 15) is 23.1 Å². The Labute approximate surface area is 132 Å². The van der Waals surface area contributed by atoms with Gasteiger partial charge in [-0.1, -0.05) is 26.0 Å². The molecule has 0 aliphatic carbocycles. The first-order chi connectivity index (χ1) is 10.7. The number of benzene rings is 1. The largest absolute Gasteiger partial charge is 0.482 e. The van der Waals surface area contributed by atoms with Crippen molar-refractivity contribution in [2.45, 2.75) is 32.5 Å². The van der Waals surface area contributed by atoms with Crippen molar-refractivity contribution in [1.82, 2.24) is 5.32 Å². The molecule has 1 atom stereocenters. The van der Waals surface area contributed by atoms with Crippen molar-refractivity contribution in [2.75, 3.05) is 18.5 Å². The monoisotopic (exact) mass is 334 g/mol. The van der Waals surface area contributed by atoms with Gasteiger partial charge in [0.25, 0.3) is 0 Å². The Kier molecular flexibility index (Phi) is 7.15. The fourth-order valence-electron chi connectivity index (χ4n) is 1.69. The van der Waals surface area contributed by atoms with Gasteiger partial charge in [-0.15, -0.1) is 0 Å². The van der Waals surface area contributed by atoms with E-state index in [0.717, 1.165) is 0 Å². The number of carbonyl (C=O) groups excluding carboxylic acids is 1. The smallest absolute Gasteiger partial charge is 0.422 e. The summed E-state index contributed by atoms with van der Waals surface area (Å²) in [6.45, 7) is 2.53. The van der Waals surface area contributed by atoms with Crippen LogP contribution >= 0.6 is 0 Å². The van der Waals surface area contributed by atoms with Crippen molar-refractivity contribution in [2.24, 2.45) is 5.92 Å². The fraction of sp³-hybridized carbons (Fsp3) is 0.533. The number of amides is 2. The van der Waals surface area contributed by atoms with Crippen LogP contribution in [0.4, 0.5) is 23.7 Å². The molecule has 1 unspecified atom stereocenters. The number of hydrogen-bond donors (Lipinski definition) is 3. The average Bonchev–Trinajstić information content (AvgIpc) is 2.45. The molecule has 0 heterocycles. The van der Waals surface area contributed by atoms with E-state index >= 15 is 0 Å². The van der Waals surface area contributed by atoms with Gasteiger partial charge in [0.05, 0.1) is 11.8 Å². The number of alkyl halides is 3. The van der Waals surface area contributed by atoms with Crippen LogP contribution in [0, 0.1) is 5.92 Å². The molecule has 0 aliphatic rings. The molecule has 0 spiro atoms. The Morgan fingerprint density at radius 3 is 2.57 bits per heavy atom. The lowest BCUT2D eigenvalue weighted by molar-refractivity contribution is -0.153. The van der Waals surface area contributed by atoms with Crippen molar-refractivity contribution in [3.63, 3.8) is 0 Å². The Bertz CT molecular complexity index is 507. The Hall–Kier alpha value is -1.96. The molecular weight excluding hydrogens is 313 g/mol. The fourth-order valence-corrected chi connectivity index (χ4v) is 1.69. The number of carbonyl (C=O) groups is 1. The van der Waals surface area contributed by atoms with E-state index in [-0.39, 0.29) is 23.9 Å². The minimum Gasteiger partial charge on any atom is -0.482 e. The van der Waals surface area contributed by atoms with Crippen molar-refractivity contribution in [1.29, 1.82) is 0 Å². The molecule has 23 heavy (non-hydrogen) atoms. The molecule has 8 heteroatoms. The first kappa shape index (κ1) is 19.1. The summed E-state index contributed by atoms with van der Waals surface area (Å²) in [5.74, 6) is 0.0125. The van der Waals surface area contributed by atoms with Crippen LogP contribution in [-0.4, -0.2) is 36.6 Å². The highest BCUT2D eigenvalue weighted by atomic mass is 19.4. The summed E-state index contributed by atoms with van der Waals surface area (Å²) < 4.78 is 41.3. The third-order valence-electron chi connectivity index (χ3n) is 3.02. The van der Waals surface area contributed by atoms with Crippen LogP contribution in [0.5, 0.6) is 5.75 Å². The predicted molar refractivity (Wildman–Crippen MR) is 80.5 cm³/mol. The van der Waals surface area contributed by atoms with E-state index in [2.05, 4.69) is 15.4 Å². The zero-order chi connectivity index (χ0) is 17.5. The summed E-state index contributed by atoms with van der Waals surface area (Å²) in [7, 11) is 0. The molecule has 1 aromatic carbocycles. The molecule has 2 amide bonds. The standard InChI is InChI=1S/C15H21F3N2O3/c1-10(2)12(21)7-8-19-14(22)20-11-5-3-4-6-13(11)23-9-15(16,17)18/h3-6,10,12,21H,7-9H2,1-2H3,(H2,19,20,22). The molecule has 0 bridgehead atoms. The van der Waals surface area contributed by atoms with E-state index in [1.165, 1.54) is 18.2 Å². The second-order valence-electron chi connectivity index (χ2n) is 5.38. The molecule has 0 radical (unpaired) electrons. The van der Waals surface area contributed by atoms with Gasteiger partial charge in [-0.3, -0.25) is 0 Å². The minimum atomic E-state index is -4.46. The molecule has 0 aliphatic heterocycles. The molecule has 0 fully saturated rings. The van der Waals surface area contributed by atoms with E-state index in [4.69, 9.17) is 0 Å². The number of urea groups is 1. The summed E-state index contributed by atoms with van der Waals surface area (Å²) in [5.41, 5.74) is 0.138. The second kappa shape index (κ2) is 8.61. The topological polar surface area (TPSA) is 70.6 Å². The molecule has 0 saturated carbocycles. The van der Waals surface area contributed by atoms with Gasteiger partial charge in [-0.2, -0.15) is 13.2 Å². The van der Waals surface area contributed by atoms with Crippen LogP contribution in [0.15, 0.2) is 24.3 Å². The first-order valence-electron chi connectivity index (χ1n) is 7.20. The van der Waals surface area contributed by atoms with Gasteiger partial charge in [0.1, 0.15) is 5.75 Å². The van der Waals surface area contributed by atoms with Gasteiger partial charge in [-0.25, -0.2) is 4.79 Å². The van der Waals surface area contributed by atoms with Gasteiger partial charge in [0, 0.05) is 6.54 Å². The third-order valence-corrected chi connectivity index (χ3v) is 3.02. The Balaban J connectivity index is 2.51. The van der Waals surface area contributed by atoms with Crippen molar-refractivity contribution in [3.05, 3.63) is 24.3 Å². The van der Waals surface area contributed by atoms with Crippen molar-refractivity contribution in [3.8, 4) is 5.75 Å². The number of hydrogen-bond acceptors (Lipinski definition) is 3. The lowest BCUT2D eigenvalue weighted by Gasteiger charge is -2.16. The summed E-state index contributed by atoms with van der Waals surface area (Å²) in [5, 5.41) is 14.6. The molecular formula is C15H21F3N2O3. The van der Waals surface area contributed by atoms with Crippen LogP contribution in [0.2, 0.25) is 0 Å². The number of aliphatic hydroxyl groups is 1. The van der Waals surface area contributed by atoms with Crippen LogP contribution in [0.25, 0.3) is 0 Å². The lowest BCUT2D eigenvalue weighted by atomic mass is 10.0. The molecule has 0 aromatic heterocycles. The van der Waals surface area contributed by atoms with Gasteiger partial charge in [0.2, 0.25) is 0 Å². The summed E-state index contributed by atoms with van der Waals surface area (Å²) in [6, 6.07) is 5.27. The number of anilines is 1. The highest BCUT2D eigenvalue weighted by Gasteiger charge is 2.28. The van der Waals surface area contributed by atoms with Crippen LogP contribution in [0.3, 0.4) is 0 Å². The van der Waals surface area contributed by atoms with Gasteiger partial charge in [0.15, 0.2) is 6.61 Å².